The van der Waals surface area contributed by atoms with Crippen molar-refractivity contribution < 1.29 is 14.4 Å². The maximum absolute atomic E-state index is 12.7. The fourth-order valence-electron chi connectivity index (χ4n) is 5.08. The molecule has 3 aromatic rings. The van der Waals surface area contributed by atoms with E-state index in [0.717, 1.165) is 31.7 Å². The van der Waals surface area contributed by atoms with Crippen molar-refractivity contribution in [2.24, 2.45) is 0 Å². The molecule has 6 rings (SSSR count). The molecule has 0 saturated carbocycles. The summed E-state index contributed by atoms with van der Waals surface area (Å²) in [6.45, 7) is 2.25. The summed E-state index contributed by atoms with van der Waals surface area (Å²) in [5.74, 6) is -0.842. The average molecular weight is 456 g/mol. The minimum absolute atomic E-state index is 0.00377. The van der Waals surface area contributed by atoms with Crippen LogP contribution in [0.4, 0.5) is 21.2 Å². The smallest absolute Gasteiger partial charge is 0.301 e. The average Bonchev–Trinajstić information content (AvgIpc) is 3.23. The lowest BCUT2D eigenvalue weighted by Gasteiger charge is -2.40. The van der Waals surface area contributed by atoms with Crippen molar-refractivity contribution in [2.45, 2.75) is 19.3 Å². The molecule has 3 aliphatic rings. The number of amides is 4. The van der Waals surface area contributed by atoms with Gasteiger partial charge in [-0.25, -0.2) is 4.79 Å². The standard InChI is InChI=1S/C26H21N3O3S/c1-14-18-8-4-5-10-21(18)29-22-15(7-6-9-19(14)22)11-16-12-17(33-25(16)29)13-20-23(30)27(2)26(32)28(3)24(20)31/h4-10,12-14H,11H2,1-3H3. The number of barbiturate groups is 1. The number of hydrogen-bond donors (Lipinski definition) is 0. The van der Waals surface area contributed by atoms with Crippen LogP contribution in [0.3, 0.4) is 0 Å². The number of carbonyl (C=O) groups excluding carboxylic acids is 3. The summed E-state index contributed by atoms with van der Waals surface area (Å²) >= 11 is 1.56. The molecule has 1 aromatic heterocycles. The Bertz CT molecular complexity index is 1390. The highest BCUT2D eigenvalue weighted by Crippen LogP contribution is 2.55. The third kappa shape index (κ3) is 2.69. The molecule has 6 nitrogen and oxygen atoms in total. The van der Waals surface area contributed by atoms with Crippen LogP contribution < -0.4 is 4.90 Å². The molecule has 0 radical (unpaired) electrons. The lowest BCUT2D eigenvalue weighted by molar-refractivity contribution is -0.134. The highest BCUT2D eigenvalue weighted by molar-refractivity contribution is 7.17. The topological polar surface area (TPSA) is 60.9 Å². The molecule has 0 N–H and O–H groups in total. The van der Waals surface area contributed by atoms with Crippen LogP contribution in [0.1, 0.15) is 40.0 Å². The molecule has 0 aliphatic carbocycles. The number of anilines is 3. The van der Waals surface area contributed by atoms with Gasteiger partial charge in [-0.05, 0) is 40.5 Å². The third-order valence-corrected chi connectivity index (χ3v) is 7.91. The molecular formula is C26H21N3O3S. The summed E-state index contributed by atoms with van der Waals surface area (Å²) < 4.78 is 0. The highest BCUT2D eigenvalue weighted by Gasteiger charge is 2.39. The molecular weight excluding hydrogens is 434 g/mol. The van der Waals surface area contributed by atoms with Crippen molar-refractivity contribution in [3.8, 4) is 0 Å². The number of likely N-dealkylation sites (N-methyl/N-ethyl adjacent to an activating group) is 2. The predicted octanol–water partition coefficient (Wildman–Crippen LogP) is 5.02. The first-order valence-corrected chi connectivity index (χ1v) is 11.6. The largest absolute Gasteiger partial charge is 0.333 e. The van der Waals surface area contributed by atoms with E-state index in [1.807, 2.05) is 0 Å². The lowest BCUT2D eigenvalue weighted by atomic mass is 9.82. The van der Waals surface area contributed by atoms with Crippen molar-refractivity contribution >= 4 is 51.6 Å². The molecule has 1 atom stereocenters. The summed E-state index contributed by atoms with van der Waals surface area (Å²) in [5, 5.41) is 1.11. The third-order valence-electron chi connectivity index (χ3n) is 6.81. The Labute approximate surface area is 195 Å². The number of thiophene rings is 1. The van der Waals surface area contributed by atoms with Gasteiger partial charge in [-0.15, -0.1) is 11.3 Å². The fourth-order valence-corrected chi connectivity index (χ4v) is 6.23. The summed E-state index contributed by atoms with van der Waals surface area (Å²) in [6.07, 6.45) is 2.42. The zero-order valence-corrected chi connectivity index (χ0v) is 19.3. The van der Waals surface area contributed by atoms with Gasteiger partial charge in [0.2, 0.25) is 0 Å². The monoisotopic (exact) mass is 455 g/mol. The molecule has 4 amide bonds. The molecule has 1 fully saturated rings. The Kier molecular flexibility index (Phi) is 4.16. The molecule has 1 saturated heterocycles. The Morgan fingerprint density at radius 1 is 0.909 bits per heavy atom. The van der Waals surface area contributed by atoms with E-state index in [1.54, 1.807) is 17.4 Å². The second kappa shape index (κ2) is 6.89. The van der Waals surface area contributed by atoms with Crippen LogP contribution in [0.5, 0.6) is 0 Å². The zero-order chi connectivity index (χ0) is 23.0. The number of urea groups is 1. The van der Waals surface area contributed by atoms with E-state index in [2.05, 4.69) is 60.4 Å². The fraction of sp³-hybridized carbons (Fsp3) is 0.192. The molecule has 3 aliphatic heterocycles. The van der Waals surface area contributed by atoms with Gasteiger partial charge in [-0.2, -0.15) is 0 Å². The summed E-state index contributed by atoms with van der Waals surface area (Å²) in [5.41, 5.74) is 7.44. The van der Waals surface area contributed by atoms with E-state index in [-0.39, 0.29) is 5.57 Å². The van der Waals surface area contributed by atoms with Gasteiger partial charge in [0.05, 0.1) is 11.4 Å². The minimum atomic E-state index is -0.616. The molecule has 2 aromatic carbocycles. The Hall–Kier alpha value is -3.71. The van der Waals surface area contributed by atoms with Crippen molar-refractivity contribution in [1.29, 1.82) is 0 Å². The second-order valence-electron chi connectivity index (χ2n) is 8.70. The van der Waals surface area contributed by atoms with E-state index in [9.17, 15) is 14.4 Å². The molecule has 1 unspecified atom stereocenters. The number of rotatable bonds is 1. The molecule has 33 heavy (non-hydrogen) atoms. The number of fused-ring (bicyclic) bond motifs is 4. The van der Waals surface area contributed by atoms with Gasteiger partial charge in [0, 0.05) is 31.3 Å². The maximum atomic E-state index is 12.7. The first kappa shape index (κ1) is 19.9. The number of hydrogen-bond acceptors (Lipinski definition) is 5. The molecule has 164 valence electrons. The van der Waals surface area contributed by atoms with Crippen LogP contribution in [0.25, 0.3) is 6.08 Å². The van der Waals surface area contributed by atoms with Crippen molar-refractivity contribution in [3.63, 3.8) is 0 Å². The van der Waals surface area contributed by atoms with E-state index < -0.39 is 17.8 Å². The van der Waals surface area contributed by atoms with Crippen LogP contribution in [-0.4, -0.2) is 41.7 Å². The van der Waals surface area contributed by atoms with Crippen LogP contribution >= 0.6 is 11.3 Å². The van der Waals surface area contributed by atoms with Gasteiger partial charge in [-0.1, -0.05) is 43.3 Å². The quantitative estimate of drug-likeness (QED) is 0.299. The van der Waals surface area contributed by atoms with Crippen molar-refractivity contribution in [3.05, 3.63) is 81.2 Å². The SMILES string of the molecule is CC1c2ccccc2N2c3sc(C=C4C(=O)N(C)C(=O)N(C)C4=O)cc3Cc3cccc1c32. The van der Waals surface area contributed by atoms with Gasteiger partial charge < -0.3 is 4.90 Å². The number of benzene rings is 2. The number of imide groups is 2. The molecule has 0 bridgehead atoms. The van der Waals surface area contributed by atoms with E-state index in [0.29, 0.717) is 5.92 Å². The summed E-state index contributed by atoms with van der Waals surface area (Å²) in [4.78, 5) is 42.5. The van der Waals surface area contributed by atoms with Gasteiger partial charge in [0.1, 0.15) is 10.6 Å². The Morgan fingerprint density at radius 3 is 2.36 bits per heavy atom. The Balaban J connectivity index is 1.51. The first-order valence-electron chi connectivity index (χ1n) is 10.8. The molecule has 7 heteroatoms. The summed E-state index contributed by atoms with van der Waals surface area (Å²) in [6, 6.07) is 16.4. The Morgan fingerprint density at radius 2 is 1.61 bits per heavy atom. The number of nitrogens with zero attached hydrogens (tertiary/aromatic N) is 3. The molecule has 4 heterocycles. The van der Waals surface area contributed by atoms with Crippen LogP contribution in [-0.2, 0) is 16.0 Å². The van der Waals surface area contributed by atoms with Crippen molar-refractivity contribution in [1.82, 2.24) is 9.80 Å². The zero-order valence-electron chi connectivity index (χ0n) is 18.5. The van der Waals surface area contributed by atoms with E-state index in [4.69, 9.17) is 0 Å². The van der Waals surface area contributed by atoms with Gasteiger partial charge in [-0.3, -0.25) is 19.4 Å². The first-order chi connectivity index (χ1) is 15.9. The van der Waals surface area contributed by atoms with Crippen LogP contribution in [0.15, 0.2) is 54.1 Å². The van der Waals surface area contributed by atoms with E-state index in [1.165, 1.54) is 42.2 Å². The number of carbonyl (C=O) groups is 3. The van der Waals surface area contributed by atoms with Crippen LogP contribution in [0.2, 0.25) is 0 Å². The summed E-state index contributed by atoms with van der Waals surface area (Å²) in [7, 11) is 2.79. The molecule has 0 spiro atoms. The maximum Gasteiger partial charge on any atom is 0.333 e. The van der Waals surface area contributed by atoms with Gasteiger partial charge in [0.15, 0.2) is 0 Å². The van der Waals surface area contributed by atoms with Crippen molar-refractivity contribution in [2.75, 3.05) is 19.0 Å². The van der Waals surface area contributed by atoms with E-state index >= 15 is 0 Å². The number of para-hydroxylation sites is 2. The van der Waals surface area contributed by atoms with Gasteiger partial charge >= 0.3 is 6.03 Å². The predicted molar refractivity (Wildman–Crippen MR) is 128 cm³/mol. The van der Waals surface area contributed by atoms with Crippen LogP contribution in [0, 0.1) is 0 Å². The second-order valence-corrected chi connectivity index (χ2v) is 9.76. The lowest BCUT2D eigenvalue weighted by Crippen LogP contribution is -2.52. The minimum Gasteiger partial charge on any atom is -0.301 e. The normalized spacial score (nSPS) is 18.9. The van der Waals surface area contributed by atoms with Gasteiger partial charge in [0.25, 0.3) is 11.8 Å². The highest BCUT2D eigenvalue weighted by atomic mass is 32.1.